The highest BCUT2D eigenvalue weighted by Crippen LogP contribution is 2.21. The summed E-state index contributed by atoms with van der Waals surface area (Å²) in [4.78, 5) is 9.53. The Morgan fingerprint density at radius 2 is 1.93 bits per heavy atom. The van der Waals surface area contributed by atoms with Crippen molar-refractivity contribution in [3.63, 3.8) is 0 Å². The molecule has 150 valence electrons. The number of anilines is 1. The van der Waals surface area contributed by atoms with Crippen molar-refractivity contribution in [2.75, 3.05) is 44.7 Å². The van der Waals surface area contributed by atoms with Crippen LogP contribution < -0.4 is 15.5 Å². The Morgan fingerprint density at radius 3 is 2.63 bits per heavy atom. The first-order chi connectivity index (χ1) is 13.0. The average Bonchev–Trinajstić information content (AvgIpc) is 3.14. The van der Waals surface area contributed by atoms with Gasteiger partial charge in [-0.25, -0.2) is 0 Å². The fourth-order valence-electron chi connectivity index (χ4n) is 4.23. The molecule has 0 aromatic heterocycles. The zero-order chi connectivity index (χ0) is 19.2. The van der Waals surface area contributed by atoms with Crippen molar-refractivity contribution < 1.29 is 0 Å². The summed E-state index contributed by atoms with van der Waals surface area (Å²) in [7, 11) is 1.88. The van der Waals surface area contributed by atoms with Crippen molar-refractivity contribution in [3.8, 4) is 0 Å². The lowest BCUT2D eigenvalue weighted by Gasteiger charge is -2.35. The molecular formula is C22H37N5. The molecule has 2 atom stereocenters. The van der Waals surface area contributed by atoms with Crippen LogP contribution in [0.5, 0.6) is 0 Å². The highest BCUT2D eigenvalue weighted by atomic mass is 15.2. The van der Waals surface area contributed by atoms with Crippen molar-refractivity contribution in [2.45, 2.75) is 52.1 Å². The zero-order valence-electron chi connectivity index (χ0n) is 17.5. The van der Waals surface area contributed by atoms with Gasteiger partial charge in [0.05, 0.1) is 0 Å². The highest BCUT2D eigenvalue weighted by molar-refractivity contribution is 5.80. The van der Waals surface area contributed by atoms with E-state index in [1.54, 1.807) is 0 Å². The third-order valence-electron chi connectivity index (χ3n) is 5.99. The largest absolute Gasteiger partial charge is 0.369 e. The fraction of sp³-hybridized carbons (Fsp3) is 0.682. The van der Waals surface area contributed by atoms with Gasteiger partial charge in [0, 0.05) is 51.0 Å². The van der Waals surface area contributed by atoms with E-state index in [4.69, 9.17) is 0 Å². The van der Waals surface area contributed by atoms with Crippen molar-refractivity contribution in [3.05, 3.63) is 29.8 Å². The quantitative estimate of drug-likeness (QED) is 0.617. The lowest BCUT2D eigenvalue weighted by atomic mass is 9.97. The number of likely N-dealkylation sites (tertiary alicyclic amines) is 1. The number of rotatable bonds is 5. The Bertz CT molecular complexity index is 610. The molecule has 1 aromatic carbocycles. The van der Waals surface area contributed by atoms with Gasteiger partial charge in [0.25, 0.3) is 0 Å². The minimum Gasteiger partial charge on any atom is -0.369 e. The monoisotopic (exact) mass is 371 g/mol. The van der Waals surface area contributed by atoms with E-state index in [1.165, 1.54) is 37.2 Å². The standard InChI is InChI=1S/C22H37N5/c1-17(2)26-12-5-6-19(15-26)14-24-22(23-4)25-20-11-13-27(16-20)21-9-7-18(3)8-10-21/h7-10,17,19-20H,5-6,11-16H2,1-4H3,(H2,23,24,25). The molecular weight excluding hydrogens is 334 g/mol. The van der Waals surface area contributed by atoms with Gasteiger partial charge in [-0.1, -0.05) is 17.7 Å². The summed E-state index contributed by atoms with van der Waals surface area (Å²) >= 11 is 0. The van der Waals surface area contributed by atoms with Crippen LogP contribution in [0.25, 0.3) is 0 Å². The Kier molecular flexibility index (Phi) is 7.00. The van der Waals surface area contributed by atoms with Gasteiger partial charge in [0.2, 0.25) is 0 Å². The maximum atomic E-state index is 4.46. The lowest BCUT2D eigenvalue weighted by Crippen LogP contribution is -2.48. The number of piperidine rings is 1. The number of aliphatic imine (C=N–C) groups is 1. The third kappa shape index (κ3) is 5.61. The normalized spacial score (nSPS) is 24.5. The van der Waals surface area contributed by atoms with Crippen LogP contribution in [0.15, 0.2) is 29.3 Å². The molecule has 2 unspecified atom stereocenters. The number of benzene rings is 1. The summed E-state index contributed by atoms with van der Waals surface area (Å²) in [5.41, 5.74) is 2.64. The first-order valence-electron chi connectivity index (χ1n) is 10.6. The van der Waals surface area contributed by atoms with Crippen molar-refractivity contribution in [1.82, 2.24) is 15.5 Å². The highest BCUT2D eigenvalue weighted by Gasteiger charge is 2.25. The maximum absolute atomic E-state index is 4.46. The Labute approximate surface area is 165 Å². The Balaban J connectivity index is 1.44. The van der Waals surface area contributed by atoms with Crippen LogP contribution in [0, 0.1) is 12.8 Å². The molecule has 0 saturated carbocycles. The molecule has 0 spiro atoms. The van der Waals surface area contributed by atoms with E-state index in [0.717, 1.165) is 32.0 Å². The van der Waals surface area contributed by atoms with E-state index < -0.39 is 0 Å². The molecule has 0 bridgehead atoms. The van der Waals surface area contributed by atoms with Crippen LogP contribution in [0.3, 0.4) is 0 Å². The van der Waals surface area contributed by atoms with Crippen LogP contribution in [0.4, 0.5) is 5.69 Å². The molecule has 0 radical (unpaired) electrons. The zero-order valence-corrected chi connectivity index (χ0v) is 17.5. The second kappa shape index (κ2) is 9.45. The summed E-state index contributed by atoms with van der Waals surface area (Å²) in [5, 5.41) is 7.22. The Morgan fingerprint density at radius 1 is 1.15 bits per heavy atom. The second-order valence-electron chi connectivity index (χ2n) is 8.46. The number of guanidine groups is 1. The minimum absolute atomic E-state index is 0.455. The summed E-state index contributed by atoms with van der Waals surface area (Å²) in [6.45, 7) is 12.3. The summed E-state index contributed by atoms with van der Waals surface area (Å²) < 4.78 is 0. The van der Waals surface area contributed by atoms with Gasteiger partial charge in [-0.3, -0.25) is 4.99 Å². The maximum Gasteiger partial charge on any atom is 0.191 e. The van der Waals surface area contributed by atoms with Gasteiger partial charge < -0.3 is 20.4 Å². The third-order valence-corrected chi connectivity index (χ3v) is 5.99. The molecule has 2 heterocycles. The predicted molar refractivity (Wildman–Crippen MR) is 116 cm³/mol. The van der Waals surface area contributed by atoms with Crippen LogP contribution in [-0.2, 0) is 0 Å². The van der Waals surface area contributed by atoms with Gasteiger partial charge in [-0.15, -0.1) is 0 Å². The fourth-order valence-corrected chi connectivity index (χ4v) is 4.23. The second-order valence-corrected chi connectivity index (χ2v) is 8.46. The smallest absolute Gasteiger partial charge is 0.191 e. The van der Waals surface area contributed by atoms with Crippen molar-refractivity contribution >= 4 is 11.6 Å². The average molecular weight is 372 g/mol. The van der Waals surface area contributed by atoms with Gasteiger partial charge in [-0.05, 0) is 64.6 Å². The molecule has 2 fully saturated rings. The van der Waals surface area contributed by atoms with Crippen molar-refractivity contribution in [1.29, 1.82) is 0 Å². The summed E-state index contributed by atoms with van der Waals surface area (Å²) in [6, 6.07) is 9.96. The topological polar surface area (TPSA) is 42.9 Å². The number of hydrogen-bond acceptors (Lipinski definition) is 3. The molecule has 2 aliphatic heterocycles. The van der Waals surface area contributed by atoms with E-state index in [0.29, 0.717) is 18.0 Å². The Hall–Kier alpha value is -1.75. The molecule has 5 nitrogen and oxygen atoms in total. The van der Waals surface area contributed by atoms with E-state index >= 15 is 0 Å². The summed E-state index contributed by atoms with van der Waals surface area (Å²) in [6.07, 6.45) is 3.78. The molecule has 5 heteroatoms. The van der Waals surface area contributed by atoms with Crippen LogP contribution in [0.1, 0.15) is 38.7 Å². The minimum atomic E-state index is 0.455. The SMILES string of the molecule is CN=C(NCC1CCCN(C(C)C)C1)NC1CCN(c2ccc(C)cc2)C1. The lowest BCUT2D eigenvalue weighted by molar-refractivity contribution is 0.141. The molecule has 0 amide bonds. The molecule has 1 aromatic rings. The molecule has 2 saturated heterocycles. The number of nitrogens with one attached hydrogen (secondary N) is 2. The van der Waals surface area contributed by atoms with Gasteiger partial charge in [0.15, 0.2) is 5.96 Å². The van der Waals surface area contributed by atoms with E-state index in [9.17, 15) is 0 Å². The first kappa shape index (κ1) is 20.0. The van der Waals surface area contributed by atoms with Crippen LogP contribution >= 0.6 is 0 Å². The summed E-state index contributed by atoms with van der Waals surface area (Å²) in [5.74, 6) is 1.67. The molecule has 0 aliphatic carbocycles. The molecule has 2 aliphatic rings. The molecule has 2 N–H and O–H groups in total. The molecule has 3 rings (SSSR count). The molecule has 27 heavy (non-hydrogen) atoms. The number of hydrogen-bond donors (Lipinski definition) is 2. The first-order valence-corrected chi connectivity index (χ1v) is 10.6. The van der Waals surface area contributed by atoms with E-state index in [2.05, 4.69) is 70.5 Å². The van der Waals surface area contributed by atoms with Gasteiger partial charge in [-0.2, -0.15) is 0 Å². The van der Waals surface area contributed by atoms with E-state index in [-0.39, 0.29) is 0 Å². The number of aryl methyl sites for hydroxylation is 1. The van der Waals surface area contributed by atoms with Gasteiger partial charge in [0.1, 0.15) is 0 Å². The predicted octanol–water partition coefficient (Wildman–Crippen LogP) is 2.86. The number of nitrogens with zero attached hydrogens (tertiary/aromatic N) is 3. The van der Waals surface area contributed by atoms with E-state index in [1.807, 2.05) is 7.05 Å². The van der Waals surface area contributed by atoms with Gasteiger partial charge >= 0.3 is 0 Å². The van der Waals surface area contributed by atoms with Crippen LogP contribution in [-0.4, -0.2) is 62.7 Å². The van der Waals surface area contributed by atoms with Crippen molar-refractivity contribution in [2.24, 2.45) is 10.9 Å². The van der Waals surface area contributed by atoms with Crippen LogP contribution in [0.2, 0.25) is 0 Å².